The van der Waals surface area contributed by atoms with Crippen molar-refractivity contribution in [3.8, 4) is 33.4 Å². The summed E-state index contributed by atoms with van der Waals surface area (Å²) in [5.74, 6) is 0.132. The van der Waals surface area contributed by atoms with Crippen molar-refractivity contribution >= 4 is 55.7 Å². The number of rotatable bonds is 4. The first-order valence-corrected chi connectivity index (χ1v) is 21.1. The molecule has 0 bridgehead atoms. The molecule has 0 radical (unpaired) electrons. The van der Waals surface area contributed by atoms with Crippen LogP contribution in [-0.2, 0) is 18.8 Å². The lowest BCUT2D eigenvalue weighted by molar-refractivity contribution is -0.138. The maximum Gasteiger partial charge on any atom is 0.416 e. The minimum atomic E-state index is -4.42. The van der Waals surface area contributed by atoms with E-state index < -0.39 is 23.5 Å². The second kappa shape index (κ2) is 14.1. The van der Waals surface area contributed by atoms with Crippen molar-refractivity contribution in [1.29, 1.82) is 0 Å². The normalized spacial score (nSPS) is 17.1. The van der Waals surface area contributed by atoms with Crippen molar-refractivity contribution in [2.75, 3.05) is 0 Å². The molecule has 3 aliphatic rings. The lowest BCUT2D eigenvalue weighted by Gasteiger charge is -2.26. The molecule has 0 fully saturated rings. The Hall–Kier alpha value is -6.31. The van der Waals surface area contributed by atoms with E-state index in [1.807, 2.05) is 48.2 Å². The van der Waals surface area contributed by atoms with Gasteiger partial charge in [0.25, 0.3) is 0 Å². The van der Waals surface area contributed by atoms with Crippen LogP contribution in [0.2, 0.25) is 0 Å². The van der Waals surface area contributed by atoms with Crippen molar-refractivity contribution < 1.29 is 26.3 Å². The molecule has 0 nitrogen and oxygen atoms in total. The van der Waals surface area contributed by atoms with E-state index in [1.54, 1.807) is 24.3 Å². The third-order valence-corrected chi connectivity index (χ3v) is 13.9. The third kappa shape index (κ3) is 6.23. The molecule has 1 aliphatic heterocycles. The van der Waals surface area contributed by atoms with Crippen molar-refractivity contribution in [3.05, 3.63) is 197 Å². The van der Waals surface area contributed by atoms with Gasteiger partial charge in [0.1, 0.15) is 0 Å². The van der Waals surface area contributed by atoms with Gasteiger partial charge in [-0.3, -0.25) is 0 Å². The van der Waals surface area contributed by atoms with E-state index >= 15 is 0 Å². The van der Waals surface area contributed by atoms with Crippen LogP contribution in [0, 0.1) is 0 Å². The summed E-state index contributed by atoms with van der Waals surface area (Å²) in [5.41, 5.74) is 10.1. The Labute approximate surface area is 352 Å². The summed E-state index contributed by atoms with van der Waals surface area (Å²) in [6, 6.07) is 42.3. The predicted molar refractivity (Wildman–Crippen MR) is 239 cm³/mol. The zero-order valence-electron chi connectivity index (χ0n) is 32.4. The fourth-order valence-electron chi connectivity index (χ4n) is 9.85. The number of hydrogen-bond acceptors (Lipinski definition) is 1. The number of benzene rings is 8. The molecule has 8 aromatic carbocycles. The Bertz CT molecular complexity index is 3130. The Kier molecular flexibility index (Phi) is 8.73. The SMILES string of the molecule is FC(F)(F)c1ccc(-c2c3c(c(C4=CC5c6ccc(-c7c8ccccc8c(-c8ccc(C(F)(F)F)cc8)c8ccccc78)cc6SC5C=C4)c4ccccc24)CCC=C3)cc1. The average molecular weight is 829 g/mol. The molecule has 0 amide bonds. The summed E-state index contributed by atoms with van der Waals surface area (Å²) < 4.78 is 81.3. The van der Waals surface area contributed by atoms with E-state index in [9.17, 15) is 26.3 Å². The van der Waals surface area contributed by atoms with E-state index in [4.69, 9.17) is 0 Å². The van der Waals surface area contributed by atoms with Crippen LogP contribution >= 0.6 is 11.8 Å². The lowest BCUT2D eigenvalue weighted by Crippen LogP contribution is -2.11. The molecule has 7 heteroatoms. The van der Waals surface area contributed by atoms with Gasteiger partial charge < -0.3 is 0 Å². The van der Waals surface area contributed by atoms with E-state index in [0.29, 0.717) is 0 Å². The average Bonchev–Trinajstić information content (AvgIpc) is 3.64. The topological polar surface area (TPSA) is 0 Å². The van der Waals surface area contributed by atoms with Crippen LogP contribution in [0.3, 0.4) is 0 Å². The van der Waals surface area contributed by atoms with Crippen molar-refractivity contribution in [3.63, 3.8) is 0 Å². The molecular formula is C54H34F6S. The van der Waals surface area contributed by atoms with Gasteiger partial charge in [-0.25, -0.2) is 0 Å². The molecule has 11 rings (SSSR count). The smallest absolute Gasteiger partial charge is 0.166 e. The zero-order valence-corrected chi connectivity index (χ0v) is 33.2. The van der Waals surface area contributed by atoms with Crippen molar-refractivity contribution in [2.24, 2.45) is 0 Å². The number of thioether (sulfide) groups is 1. The van der Waals surface area contributed by atoms with Gasteiger partial charge in [0, 0.05) is 16.1 Å². The highest BCUT2D eigenvalue weighted by molar-refractivity contribution is 8.00. The first-order chi connectivity index (χ1) is 29.5. The lowest BCUT2D eigenvalue weighted by atomic mass is 9.78. The molecule has 2 aliphatic carbocycles. The van der Waals surface area contributed by atoms with Crippen LogP contribution in [0.15, 0.2) is 169 Å². The van der Waals surface area contributed by atoms with Crippen LogP contribution < -0.4 is 0 Å². The summed E-state index contributed by atoms with van der Waals surface area (Å²) in [6.07, 6.45) is 4.16. The maximum absolute atomic E-state index is 13.6. The first-order valence-electron chi connectivity index (χ1n) is 20.3. The summed E-state index contributed by atoms with van der Waals surface area (Å²) in [6.45, 7) is 0. The minimum absolute atomic E-state index is 0.132. The molecule has 61 heavy (non-hydrogen) atoms. The largest absolute Gasteiger partial charge is 0.416 e. The Morgan fingerprint density at radius 3 is 1.51 bits per heavy atom. The first kappa shape index (κ1) is 37.7. The zero-order chi connectivity index (χ0) is 41.6. The molecule has 298 valence electrons. The Balaban J connectivity index is 1.02. The van der Waals surface area contributed by atoms with Gasteiger partial charge in [-0.15, -0.1) is 11.8 Å². The van der Waals surface area contributed by atoms with Gasteiger partial charge >= 0.3 is 12.4 Å². The summed E-state index contributed by atoms with van der Waals surface area (Å²) in [4.78, 5) is 1.21. The van der Waals surface area contributed by atoms with E-state index in [-0.39, 0.29) is 11.2 Å². The van der Waals surface area contributed by atoms with Crippen LogP contribution in [0.25, 0.3) is 77.3 Å². The van der Waals surface area contributed by atoms with Crippen molar-refractivity contribution in [2.45, 2.75) is 41.3 Å². The fraction of sp³-hybridized carbons (Fsp3) is 0.111. The van der Waals surface area contributed by atoms with Gasteiger partial charge in [-0.2, -0.15) is 26.3 Å². The summed E-state index contributed by atoms with van der Waals surface area (Å²) >= 11 is 1.86. The molecule has 0 N–H and O–H groups in total. The molecule has 2 unspecified atom stereocenters. The van der Waals surface area contributed by atoms with Crippen molar-refractivity contribution in [1.82, 2.24) is 0 Å². The summed E-state index contributed by atoms with van der Waals surface area (Å²) in [5, 5.41) is 6.31. The van der Waals surface area contributed by atoms with Gasteiger partial charge in [0.2, 0.25) is 0 Å². The number of fused-ring (bicyclic) bond motifs is 7. The molecule has 0 saturated carbocycles. The molecule has 0 spiro atoms. The highest BCUT2D eigenvalue weighted by atomic mass is 32.2. The molecule has 0 aromatic heterocycles. The van der Waals surface area contributed by atoms with E-state index in [0.717, 1.165) is 102 Å². The molecule has 0 saturated heterocycles. The fourth-order valence-corrected chi connectivity index (χ4v) is 11.2. The predicted octanol–water partition coefficient (Wildman–Crippen LogP) is 16.4. The van der Waals surface area contributed by atoms with Gasteiger partial charge in [-0.05, 0) is 137 Å². The standard InChI is InChI=1S/C54H34F6S/c55-53(56,57)35-23-17-31(18-24-35)49-38-9-1-5-13-42(38)51(43-14-6-2-10-39(43)49)33-22-28-47-46(29-33)37-27-21-34(30-48(37)61-47)52-44-15-7-3-11-40(44)50(41-12-4-8-16-45(41)52)32-19-25-36(26-20-32)54(58,59)60/h1-5,7-13,15-30,46-47H,6,14H2. The van der Waals surface area contributed by atoms with Gasteiger partial charge in [0.05, 0.1) is 11.1 Å². The second-order valence-corrected chi connectivity index (χ2v) is 17.2. The van der Waals surface area contributed by atoms with Gasteiger partial charge in [0.15, 0.2) is 0 Å². The number of alkyl halides is 6. The minimum Gasteiger partial charge on any atom is -0.166 e. The highest BCUT2D eigenvalue weighted by Crippen LogP contribution is 2.54. The molecule has 8 aromatic rings. The van der Waals surface area contributed by atoms with E-state index in [2.05, 4.69) is 85.0 Å². The Morgan fingerprint density at radius 1 is 0.492 bits per heavy atom. The highest BCUT2D eigenvalue weighted by Gasteiger charge is 2.35. The Morgan fingerprint density at radius 2 is 0.967 bits per heavy atom. The molecule has 2 atom stereocenters. The molecular weight excluding hydrogens is 795 g/mol. The van der Waals surface area contributed by atoms with Crippen LogP contribution in [0.5, 0.6) is 0 Å². The number of halogens is 6. The second-order valence-electron chi connectivity index (χ2n) is 16.0. The van der Waals surface area contributed by atoms with Crippen LogP contribution in [0.1, 0.15) is 45.7 Å². The van der Waals surface area contributed by atoms with E-state index in [1.165, 1.54) is 33.7 Å². The van der Waals surface area contributed by atoms with Crippen LogP contribution in [0.4, 0.5) is 26.3 Å². The number of allylic oxidation sites excluding steroid dienone is 4. The molecule has 1 heterocycles. The quantitative estimate of drug-likeness (QED) is 0.126. The van der Waals surface area contributed by atoms with Gasteiger partial charge in [-0.1, -0.05) is 140 Å². The number of hydrogen-bond donors (Lipinski definition) is 0. The van der Waals surface area contributed by atoms with Crippen LogP contribution in [-0.4, -0.2) is 5.25 Å². The summed E-state index contributed by atoms with van der Waals surface area (Å²) in [7, 11) is 0. The maximum atomic E-state index is 13.6. The monoisotopic (exact) mass is 828 g/mol. The third-order valence-electron chi connectivity index (χ3n) is 12.5.